The minimum absolute atomic E-state index is 0.0162. The quantitative estimate of drug-likeness (QED) is 0.758. The summed E-state index contributed by atoms with van der Waals surface area (Å²) in [5, 5.41) is 11.7. The zero-order chi connectivity index (χ0) is 19.3. The molecule has 0 unspecified atom stereocenters. The highest BCUT2D eigenvalue weighted by molar-refractivity contribution is 5.79. The smallest absolute Gasteiger partial charge is 0.223 e. The third-order valence-electron chi connectivity index (χ3n) is 7.31. The summed E-state index contributed by atoms with van der Waals surface area (Å²) in [7, 11) is 0. The molecular weight excluding hydrogens is 354 g/mol. The zero-order valence-corrected chi connectivity index (χ0v) is 16.9. The van der Waals surface area contributed by atoms with E-state index in [1.807, 2.05) is 6.33 Å². The summed E-state index contributed by atoms with van der Waals surface area (Å²) < 4.78 is 8.68. The second-order valence-electron chi connectivity index (χ2n) is 9.33. The maximum absolute atomic E-state index is 12.5. The average molecular weight is 386 g/mol. The van der Waals surface area contributed by atoms with E-state index in [0.717, 1.165) is 57.7 Å². The predicted molar refractivity (Wildman–Crippen MR) is 104 cm³/mol. The summed E-state index contributed by atoms with van der Waals surface area (Å²) in [6, 6.07) is 0.366. The van der Waals surface area contributed by atoms with E-state index in [9.17, 15) is 4.79 Å². The van der Waals surface area contributed by atoms with Crippen molar-refractivity contribution in [3.8, 4) is 0 Å². The van der Waals surface area contributed by atoms with Crippen LogP contribution in [0.1, 0.15) is 51.4 Å². The number of nitrogens with one attached hydrogen (secondary N) is 1. The second kappa shape index (κ2) is 6.95. The number of fused-ring (bicyclic) bond motifs is 1. The summed E-state index contributed by atoms with van der Waals surface area (Å²) in [4.78, 5) is 14.9. The normalized spacial score (nSPS) is 34.6. The van der Waals surface area contributed by atoms with Crippen LogP contribution in [0.3, 0.4) is 0 Å². The van der Waals surface area contributed by atoms with Crippen LogP contribution in [-0.2, 0) is 16.1 Å². The van der Waals surface area contributed by atoms with Crippen LogP contribution in [0, 0.1) is 17.8 Å². The van der Waals surface area contributed by atoms with Gasteiger partial charge < -0.3 is 14.6 Å². The average Bonchev–Trinajstić information content (AvgIpc) is 3.44. The van der Waals surface area contributed by atoms with Crippen molar-refractivity contribution in [2.75, 3.05) is 19.6 Å². The highest BCUT2D eigenvalue weighted by Gasteiger charge is 2.62. The largest absolute Gasteiger partial charge is 0.370 e. The first-order chi connectivity index (χ1) is 13.6. The monoisotopic (exact) mass is 385 g/mol. The summed E-state index contributed by atoms with van der Waals surface area (Å²) in [5.74, 6) is 2.31. The first kappa shape index (κ1) is 18.3. The molecule has 1 spiro atoms. The molecule has 2 bridgehead atoms. The standard InChI is InChI=1S/C21H31N5O2/c1-14(2)26-13-23-24-19(26)11-25-10-17-16(18-7-8-21(17,12-25)28-18)9-22-20(27)15-5-3-4-6-15/h3-4,13-18H,5-12H2,1-2H3,(H,22,27)/t16-,17+,18+,21+/m0/s1. The molecule has 3 saturated heterocycles. The predicted octanol–water partition coefficient (Wildman–Crippen LogP) is 1.92. The molecule has 4 heterocycles. The van der Waals surface area contributed by atoms with Crippen LogP contribution in [0.25, 0.3) is 0 Å². The Hall–Kier alpha value is -1.73. The molecule has 3 fully saturated rings. The van der Waals surface area contributed by atoms with Gasteiger partial charge in [-0.05, 0) is 39.5 Å². The SMILES string of the molecule is CC(C)n1cnnc1CN1C[C@@H]2[C@H](CNC(=O)C3CC=CC3)[C@H]3CC[C@]2(C1)O3. The number of carbonyl (C=O) groups excluding carboxylic acids is 1. The number of rotatable bonds is 6. The molecule has 0 radical (unpaired) electrons. The minimum atomic E-state index is -0.0162. The fourth-order valence-corrected chi connectivity index (χ4v) is 5.89. The van der Waals surface area contributed by atoms with Crippen LogP contribution in [0.5, 0.6) is 0 Å². The van der Waals surface area contributed by atoms with Crippen LogP contribution in [0.4, 0.5) is 0 Å². The van der Waals surface area contributed by atoms with Gasteiger partial charge in [0.1, 0.15) is 12.2 Å². The molecule has 1 aromatic rings. The lowest BCUT2D eigenvalue weighted by molar-refractivity contribution is -0.124. The van der Waals surface area contributed by atoms with E-state index in [2.05, 4.69) is 51.0 Å². The number of allylic oxidation sites excluding steroid dienone is 2. The summed E-state index contributed by atoms with van der Waals surface area (Å²) >= 11 is 0. The molecule has 0 aromatic carbocycles. The minimum Gasteiger partial charge on any atom is -0.370 e. The maximum atomic E-state index is 12.5. The number of likely N-dealkylation sites (tertiary alicyclic amines) is 1. The highest BCUT2D eigenvalue weighted by atomic mass is 16.5. The Bertz CT molecular complexity index is 767. The number of aromatic nitrogens is 3. The van der Waals surface area contributed by atoms with E-state index >= 15 is 0 Å². The van der Waals surface area contributed by atoms with Gasteiger partial charge in [0.05, 0.1) is 18.2 Å². The van der Waals surface area contributed by atoms with E-state index < -0.39 is 0 Å². The molecular formula is C21H31N5O2. The lowest BCUT2D eigenvalue weighted by Crippen LogP contribution is -2.43. The highest BCUT2D eigenvalue weighted by Crippen LogP contribution is 2.54. The van der Waals surface area contributed by atoms with Gasteiger partial charge in [-0.1, -0.05) is 12.2 Å². The lowest BCUT2D eigenvalue weighted by Gasteiger charge is -2.29. The van der Waals surface area contributed by atoms with Gasteiger partial charge in [0, 0.05) is 43.4 Å². The van der Waals surface area contributed by atoms with Crippen LogP contribution in [0.15, 0.2) is 18.5 Å². The number of hydrogen-bond acceptors (Lipinski definition) is 5. The second-order valence-corrected chi connectivity index (χ2v) is 9.33. The van der Waals surface area contributed by atoms with Crippen molar-refractivity contribution in [2.24, 2.45) is 17.8 Å². The number of carbonyl (C=O) groups is 1. The molecule has 5 rings (SSSR count). The van der Waals surface area contributed by atoms with Crippen molar-refractivity contribution < 1.29 is 9.53 Å². The summed E-state index contributed by atoms with van der Waals surface area (Å²) in [5.41, 5.74) is -0.0162. The Morgan fingerprint density at radius 1 is 1.39 bits per heavy atom. The molecule has 1 N–H and O–H groups in total. The number of ether oxygens (including phenoxy) is 1. The Morgan fingerprint density at radius 2 is 2.21 bits per heavy atom. The topological polar surface area (TPSA) is 72.3 Å². The van der Waals surface area contributed by atoms with Crippen molar-refractivity contribution in [3.05, 3.63) is 24.3 Å². The van der Waals surface area contributed by atoms with Crippen molar-refractivity contribution in [2.45, 2.75) is 63.8 Å². The van der Waals surface area contributed by atoms with E-state index in [0.29, 0.717) is 24.0 Å². The Balaban J connectivity index is 1.23. The van der Waals surface area contributed by atoms with Gasteiger partial charge in [0.15, 0.2) is 0 Å². The van der Waals surface area contributed by atoms with Crippen LogP contribution in [0.2, 0.25) is 0 Å². The molecule has 7 heteroatoms. The molecule has 28 heavy (non-hydrogen) atoms. The van der Waals surface area contributed by atoms with Crippen molar-refractivity contribution in [3.63, 3.8) is 0 Å². The Morgan fingerprint density at radius 3 is 3.00 bits per heavy atom. The number of nitrogens with zero attached hydrogens (tertiary/aromatic N) is 4. The van der Waals surface area contributed by atoms with Crippen LogP contribution >= 0.6 is 0 Å². The van der Waals surface area contributed by atoms with Gasteiger partial charge in [-0.3, -0.25) is 9.69 Å². The zero-order valence-electron chi connectivity index (χ0n) is 16.9. The van der Waals surface area contributed by atoms with Gasteiger partial charge in [-0.15, -0.1) is 10.2 Å². The van der Waals surface area contributed by atoms with Crippen molar-refractivity contribution in [1.82, 2.24) is 25.0 Å². The molecule has 152 valence electrons. The van der Waals surface area contributed by atoms with Crippen molar-refractivity contribution in [1.29, 1.82) is 0 Å². The third-order valence-corrected chi connectivity index (χ3v) is 7.31. The van der Waals surface area contributed by atoms with E-state index in [4.69, 9.17) is 4.74 Å². The number of hydrogen-bond donors (Lipinski definition) is 1. The first-order valence-electron chi connectivity index (χ1n) is 10.8. The van der Waals surface area contributed by atoms with Gasteiger partial charge in [0.25, 0.3) is 0 Å². The Labute approximate surface area is 166 Å². The van der Waals surface area contributed by atoms with E-state index in [-0.39, 0.29) is 17.4 Å². The van der Waals surface area contributed by atoms with Gasteiger partial charge in [-0.2, -0.15) is 0 Å². The summed E-state index contributed by atoms with van der Waals surface area (Å²) in [6.07, 6.45) is 10.4. The molecule has 1 aliphatic carbocycles. The van der Waals surface area contributed by atoms with Crippen molar-refractivity contribution >= 4 is 5.91 Å². The first-order valence-corrected chi connectivity index (χ1v) is 10.8. The molecule has 4 atom stereocenters. The third kappa shape index (κ3) is 2.99. The molecule has 1 aromatic heterocycles. The molecule has 7 nitrogen and oxygen atoms in total. The van der Waals surface area contributed by atoms with Gasteiger partial charge in [-0.25, -0.2) is 0 Å². The van der Waals surface area contributed by atoms with Crippen LogP contribution in [-0.4, -0.2) is 56.9 Å². The summed E-state index contributed by atoms with van der Waals surface area (Å²) in [6.45, 7) is 7.88. The van der Waals surface area contributed by atoms with E-state index in [1.165, 1.54) is 0 Å². The molecule has 3 aliphatic heterocycles. The lowest BCUT2D eigenvalue weighted by atomic mass is 9.73. The molecule has 4 aliphatic rings. The van der Waals surface area contributed by atoms with E-state index in [1.54, 1.807) is 0 Å². The fraction of sp³-hybridized carbons (Fsp3) is 0.762. The number of amides is 1. The fourth-order valence-electron chi connectivity index (χ4n) is 5.89. The van der Waals surface area contributed by atoms with Crippen LogP contribution < -0.4 is 5.32 Å². The van der Waals surface area contributed by atoms with Gasteiger partial charge in [0.2, 0.25) is 5.91 Å². The maximum Gasteiger partial charge on any atom is 0.223 e. The van der Waals surface area contributed by atoms with Gasteiger partial charge >= 0.3 is 0 Å². The Kier molecular flexibility index (Phi) is 4.55. The molecule has 0 saturated carbocycles. The molecule has 1 amide bonds.